The first-order valence-corrected chi connectivity index (χ1v) is 6.01. The fraction of sp³-hybridized carbons (Fsp3) is 0.500. The van der Waals surface area contributed by atoms with E-state index in [4.69, 9.17) is 0 Å². The maximum Gasteiger partial charge on any atom is 0.311 e. The monoisotopic (exact) mass is 265 g/mol. The van der Waals surface area contributed by atoms with Crippen LogP contribution >= 0.6 is 0 Å². The maximum absolute atomic E-state index is 12.2. The summed E-state index contributed by atoms with van der Waals surface area (Å²) >= 11 is 0. The summed E-state index contributed by atoms with van der Waals surface area (Å²) in [5, 5.41) is 15.1. The highest BCUT2D eigenvalue weighted by Gasteiger charge is 2.39. The van der Waals surface area contributed by atoms with E-state index < -0.39 is 11.4 Å². The van der Waals surface area contributed by atoms with Crippen molar-refractivity contribution in [3.8, 4) is 0 Å². The summed E-state index contributed by atoms with van der Waals surface area (Å²) in [6, 6.07) is 2.56. The van der Waals surface area contributed by atoms with E-state index in [1.807, 2.05) is 0 Å². The zero-order chi connectivity index (χ0) is 14.0. The van der Waals surface area contributed by atoms with Crippen molar-refractivity contribution in [2.24, 2.45) is 5.41 Å². The Bertz CT molecular complexity index is 548. The summed E-state index contributed by atoms with van der Waals surface area (Å²) in [6.45, 7) is 2.29. The lowest BCUT2D eigenvalue weighted by molar-refractivity contribution is -0.150. The van der Waals surface area contributed by atoms with E-state index in [9.17, 15) is 19.5 Å². The van der Waals surface area contributed by atoms with Crippen LogP contribution < -0.4 is 5.56 Å². The summed E-state index contributed by atoms with van der Waals surface area (Å²) < 4.78 is 0. The third-order valence-electron chi connectivity index (χ3n) is 3.40. The number of rotatable bonds is 2. The van der Waals surface area contributed by atoms with E-state index in [2.05, 4.69) is 10.2 Å². The van der Waals surface area contributed by atoms with Crippen LogP contribution in [-0.4, -0.2) is 45.2 Å². The number of H-pyrrole nitrogens is 1. The van der Waals surface area contributed by atoms with Crippen molar-refractivity contribution in [3.63, 3.8) is 0 Å². The molecule has 1 aromatic heterocycles. The van der Waals surface area contributed by atoms with Crippen molar-refractivity contribution in [2.75, 3.05) is 13.1 Å². The Morgan fingerprint density at radius 1 is 1.47 bits per heavy atom. The van der Waals surface area contributed by atoms with E-state index in [0.29, 0.717) is 19.4 Å². The molecule has 1 aliphatic rings. The molecular weight excluding hydrogens is 250 g/mol. The highest BCUT2D eigenvalue weighted by Crippen LogP contribution is 2.30. The topological polar surface area (TPSA) is 103 Å². The highest BCUT2D eigenvalue weighted by atomic mass is 16.4. The largest absolute Gasteiger partial charge is 0.481 e. The number of piperidine rings is 1. The van der Waals surface area contributed by atoms with Crippen LogP contribution in [0.1, 0.15) is 30.3 Å². The number of hydrogen-bond acceptors (Lipinski definition) is 4. The molecule has 2 N–H and O–H groups in total. The lowest BCUT2D eigenvalue weighted by Crippen LogP contribution is -2.48. The van der Waals surface area contributed by atoms with Crippen molar-refractivity contribution in [3.05, 3.63) is 28.2 Å². The van der Waals surface area contributed by atoms with Gasteiger partial charge in [0.05, 0.1) is 5.41 Å². The molecule has 0 radical (unpaired) electrons. The molecule has 7 nitrogen and oxygen atoms in total. The van der Waals surface area contributed by atoms with Crippen LogP contribution in [0.5, 0.6) is 0 Å². The number of carboxylic acid groups (broad SMARTS) is 1. The molecule has 1 saturated heterocycles. The van der Waals surface area contributed by atoms with Crippen LogP contribution in [0.15, 0.2) is 16.9 Å². The van der Waals surface area contributed by atoms with E-state index in [0.717, 1.165) is 0 Å². The molecule has 0 aromatic carbocycles. The van der Waals surface area contributed by atoms with Gasteiger partial charge in [0.2, 0.25) is 0 Å². The van der Waals surface area contributed by atoms with Gasteiger partial charge in [-0.25, -0.2) is 5.10 Å². The van der Waals surface area contributed by atoms with Gasteiger partial charge in [0.15, 0.2) is 0 Å². The molecule has 1 atom stereocenters. The van der Waals surface area contributed by atoms with Gasteiger partial charge in [-0.2, -0.15) is 5.10 Å². The lowest BCUT2D eigenvalue weighted by atomic mass is 9.82. The van der Waals surface area contributed by atoms with Crippen molar-refractivity contribution in [1.29, 1.82) is 0 Å². The van der Waals surface area contributed by atoms with Gasteiger partial charge >= 0.3 is 5.97 Å². The Balaban J connectivity index is 2.18. The fourth-order valence-electron chi connectivity index (χ4n) is 2.21. The van der Waals surface area contributed by atoms with Gasteiger partial charge in [0, 0.05) is 19.2 Å². The lowest BCUT2D eigenvalue weighted by Gasteiger charge is -2.37. The number of carbonyl (C=O) groups is 2. The number of nitrogens with one attached hydrogen (secondary N) is 1. The normalized spacial score (nSPS) is 23.1. The molecule has 1 amide bonds. The average Bonchev–Trinajstić information content (AvgIpc) is 2.39. The minimum absolute atomic E-state index is 0.120. The Labute approximate surface area is 109 Å². The molecule has 0 saturated carbocycles. The Hall–Kier alpha value is -2.18. The Kier molecular flexibility index (Phi) is 3.37. The quantitative estimate of drug-likeness (QED) is 0.789. The zero-order valence-corrected chi connectivity index (χ0v) is 10.5. The number of aliphatic carboxylic acids is 1. The van der Waals surface area contributed by atoms with E-state index >= 15 is 0 Å². The molecule has 102 valence electrons. The number of carboxylic acids is 1. The molecule has 1 aromatic rings. The van der Waals surface area contributed by atoms with Crippen LogP contribution in [0.25, 0.3) is 0 Å². The molecule has 1 fully saturated rings. The second-order valence-electron chi connectivity index (χ2n) is 5.00. The predicted molar refractivity (Wildman–Crippen MR) is 65.7 cm³/mol. The number of aromatic nitrogens is 2. The van der Waals surface area contributed by atoms with Crippen LogP contribution in [0.2, 0.25) is 0 Å². The number of hydrogen-bond donors (Lipinski definition) is 2. The van der Waals surface area contributed by atoms with Gasteiger partial charge in [0.25, 0.3) is 11.5 Å². The van der Waals surface area contributed by atoms with Crippen molar-refractivity contribution < 1.29 is 14.7 Å². The summed E-state index contributed by atoms with van der Waals surface area (Å²) in [5.74, 6) is -1.26. The Morgan fingerprint density at radius 2 is 2.21 bits per heavy atom. The van der Waals surface area contributed by atoms with Gasteiger partial charge in [0.1, 0.15) is 5.69 Å². The Morgan fingerprint density at radius 3 is 2.79 bits per heavy atom. The number of amides is 1. The van der Waals surface area contributed by atoms with Gasteiger partial charge in [-0.15, -0.1) is 0 Å². The van der Waals surface area contributed by atoms with Crippen molar-refractivity contribution in [2.45, 2.75) is 19.8 Å². The van der Waals surface area contributed by atoms with Crippen LogP contribution in [0.3, 0.4) is 0 Å². The SMILES string of the molecule is CC1(C(=O)O)CCCN(C(=O)c2ccc(=O)[nH]n2)C1. The minimum atomic E-state index is -0.921. The molecule has 2 heterocycles. The van der Waals surface area contributed by atoms with Gasteiger partial charge < -0.3 is 10.0 Å². The third kappa shape index (κ3) is 2.64. The smallest absolute Gasteiger partial charge is 0.311 e. The van der Waals surface area contributed by atoms with E-state index in [1.54, 1.807) is 6.92 Å². The molecule has 7 heteroatoms. The van der Waals surface area contributed by atoms with E-state index in [1.165, 1.54) is 17.0 Å². The fourth-order valence-corrected chi connectivity index (χ4v) is 2.21. The summed E-state index contributed by atoms with van der Waals surface area (Å²) in [7, 11) is 0. The second kappa shape index (κ2) is 4.83. The third-order valence-corrected chi connectivity index (χ3v) is 3.40. The number of likely N-dealkylation sites (tertiary alicyclic amines) is 1. The molecule has 2 rings (SSSR count). The van der Waals surface area contributed by atoms with Crippen LogP contribution in [0, 0.1) is 5.41 Å². The summed E-state index contributed by atoms with van der Waals surface area (Å²) in [6.07, 6.45) is 1.18. The summed E-state index contributed by atoms with van der Waals surface area (Å²) in [4.78, 5) is 35.8. The molecule has 0 spiro atoms. The molecule has 19 heavy (non-hydrogen) atoms. The van der Waals surface area contributed by atoms with Gasteiger partial charge in [-0.1, -0.05) is 0 Å². The minimum Gasteiger partial charge on any atom is -0.481 e. The maximum atomic E-state index is 12.2. The van der Waals surface area contributed by atoms with Gasteiger partial charge in [-0.3, -0.25) is 14.4 Å². The van der Waals surface area contributed by atoms with Gasteiger partial charge in [-0.05, 0) is 25.8 Å². The van der Waals surface area contributed by atoms with Crippen molar-refractivity contribution >= 4 is 11.9 Å². The predicted octanol–water partition coefficient (Wildman–Crippen LogP) is 0.0968. The summed E-state index contributed by atoms with van der Waals surface area (Å²) in [5.41, 5.74) is -1.18. The molecule has 0 bridgehead atoms. The van der Waals surface area contributed by atoms with Crippen molar-refractivity contribution in [1.82, 2.24) is 15.1 Å². The first-order valence-electron chi connectivity index (χ1n) is 6.01. The molecule has 1 aliphatic heterocycles. The first-order chi connectivity index (χ1) is 8.92. The first kappa shape index (κ1) is 13.3. The number of carbonyl (C=O) groups excluding carboxylic acids is 1. The van der Waals surface area contributed by atoms with Crippen LogP contribution in [0.4, 0.5) is 0 Å². The zero-order valence-electron chi connectivity index (χ0n) is 10.5. The number of aromatic amines is 1. The standard InChI is InChI=1S/C12H15N3O4/c1-12(11(18)19)5-2-6-15(7-12)10(17)8-3-4-9(16)14-13-8/h3-4H,2,5-7H2,1H3,(H,14,16)(H,18,19). The molecule has 0 aliphatic carbocycles. The highest BCUT2D eigenvalue weighted by molar-refractivity contribution is 5.92. The molecule has 1 unspecified atom stereocenters. The second-order valence-corrected chi connectivity index (χ2v) is 5.00. The number of nitrogens with zero attached hydrogens (tertiary/aromatic N) is 2. The molecular formula is C12H15N3O4. The van der Waals surface area contributed by atoms with E-state index in [-0.39, 0.29) is 23.7 Å². The van der Waals surface area contributed by atoms with Crippen LogP contribution in [-0.2, 0) is 4.79 Å². The average molecular weight is 265 g/mol.